The van der Waals surface area contributed by atoms with Gasteiger partial charge in [-0.3, -0.25) is 0 Å². The molecule has 2 heterocycles. The zero-order valence-corrected chi connectivity index (χ0v) is 11.6. The van der Waals surface area contributed by atoms with Crippen molar-refractivity contribution in [3.05, 3.63) is 48.1 Å². The zero-order chi connectivity index (χ0) is 13.8. The third-order valence-electron chi connectivity index (χ3n) is 2.67. The first-order valence-corrected chi connectivity index (χ1v) is 6.87. The van der Waals surface area contributed by atoms with Gasteiger partial charge in [0, 0.05) is 23.3 Å². The van der Waals surface area contributed by atoms with Crippen molar-refractivity contribution in [2.75, 3.05) is 12.4 Å². The minimum atomic E-state index is 0.545. The lowest BCUT2D eigenvalue weighted by Gasteiger charge is -2.01. The molecule has 0 fully saturated rings. The average Bonchev–Trinajstić information content (AvgIpc) is 2.97. The lowest BCUT2D eigenvalue weighted by Crippen LogP contribution is -1.94. The fraction of sp³-hybridized carbons (Fsp3) is 0.0714. The van der Waals surface area contributed by atoms with E-state index in [4.69, 9.17) is 4.74 Å². The SMILES string of the molecule is COc1ccc(-c2csc(Nc3ncccn3)n2)cc1. The third kappa shape index (κ3) is 2.75. The molecule has 0 spiro atoms. The van der Waals surface area contributed by atoms with Gasteiger partial charge in [0.05, 0.1) is 12.8 Å². The molecule has 1 aromatic carbocycles. The van der Waals surface area contributed by atoms with Crippen LogP contribution in [0.15, 0.2) is 48.1 Å². The standard InChI is InChI=1S/C14H12N4OS/c1-19-11-5-3-10(4-6-11)12-9-20-14(17-12)18-13-15-7-2-8-16-13/h2-9H,1H3,(H,15,16,17,18). The highest BCUT2D eigenvalue weighted by atomic mass is 32.1. The minimum Gasteiger partial charge on any atom is -0.497 e. The zero-order valence-electron chi connectivity index (χ0n) is 10.8. The number of methoxy groups -OCH3 is 1. The van der Waals surface area contributed by atoms with Gasteiger partial charge in [-0.1, -0.05) is 0 Å². The van der Waals surface area contributed by atoms with Crippen molar-refractivity contribution in [2.24, 2.45) is 0 Å². The second-order valence-corrected chi connectivity index (χ2v) is 4.82. The molecule has 0 radical (unpaired) electrons. The van der Waals surface area contributed by atoms with Gasteiger partial charge in [0.2, 0.25) is 5.95 Å². The maximum absolute atomic E-state index is 5.14. The lowest BCUT2D eigenvalue weighted by molar-refractivity contribution is 0.415. The molecule has 100 valence electrons. The molecule has 0 saturated carbocycles. The Balaban J connectivity index is 1.79. The van der Waals surface area contributed by atoms with Gasteiger partial charge in [-0.25, -0.2) is 15.0 Å². The number of nitrogens with zero attached hydrogens (tertiary/aromatic N) is 3. The molecule has 0 aliphatic heterocycles. The van der Waals surface area contributed by atoms with Crippen molar-refractivity contribution in [2.45, 2.75) is 0 Å². The molecule has 0 bridgehead atoms. The molecule has 2 aromatic heterocycles. The van der Waals surface area contributed by atoms with Gasteiger partial charge in [0.1, 0.15) is 5.75 Å². The van der Waals surface area contributed by atoms with Gasteiger partial charge in [0.25, 0.3) is 0 Å². The molecule has 3 aromatic rings. The second kappa shape index (κ2) is 5.66. The summed E-state index contributed by atoms with van der Waals surface area (Å²) in [5.74, 6) is 1.38. The summed E-state index contributed by atoms with van der Waals surface area (Å²) in [6, 6.07) is 9.58. The Kier molecular flexibility index (Phi) is 3.56. The van der Waals surface area contributed by atoms with Gasteiger partial charge >= 0.3 is 0 Å². The Morgan fingerprint density at radius 2 is 1.85 bits per heavy atom. The molecule has 0 aliphatic carbocycles. The van der Waals surface area contributed by atoms with Gasteiger partial charge in [-0.2, -0.15) is 0 Å². The van der Waals surface area contributed by atoms with Gasteiger partial charge < -0.3 is 10.1 Å². The van der Waals surface area contributed by atoms with Crippen LogP contribution < -0.4 is 10.1 Å². The van der Waals surface area contributed by atoms with Crippen molar-refractivity contribution in [3.8, 4) is 17.0 Å². The molecule has 5 nitrogen and oxygen atoms in total. The van der Waals surface area contributed by atoms with Crippen LogP contribution in [0.2, 0.25) is 0 Å². The maximum Gasteiger partial charge on any atom is 0.228 e. The van der Waals surface area contributed by atoms with Crippen molar-refractivity contribution in [3.63, 3.8) is 0 Å². The molecule has 1 N–H and O–H groups in total. The van der Waals surface area contributed by atoms with Gasteiger partial charge in [0.15, 0.2) is 5.13 Å². The van der Waals surface area contributed by atoms with Gasteiger partial charge in [-0.05, 0) is 30.3 Å². The van der Waals surface area contributed by atoms with E-state index in [9.17, 15) is 0 Å². The molecule has 20 heavy (non-hydrogen) atoms. The van der Waals surface area contributed by atoms with E-state index >= 15 is 0 Å². The van der Waals surface area contributed by atoms with Crippen LogP contribution in [0.25, 0.3) is 11.3 Å². The van der Waals surface area contributed by atoms with E-state index in [1.54, 1.807) is 25.6 Å². The number of aromatic nitrogens is 3. The highest BCUT2D eigenvalue weighted by molar-refractivity contribution is 7.14. The van der Waals surface area contributed by atoms with Crippen LogP contribution >= 0.6 is 11.3 Å². The number of rotatable bonds is 4. The first kappa shape index (κ1) is 12.6. The maximum atomic E-state index is 5.14. The number of hydrogen-bond acceptors (Lipinski definition) is 6. The summed E-state index contributed by atoms with van der Waals surface area (Å²) in [5.41, 5.74) is 1.96. The molecular formula is C14H12N4OS. The van der Waals surface area contributed by atoms with Gasteiger partial charge in [-0.15, -0.1) is 11.3 Å². The Morgan fingerprint density at radius 1 is 1.10 bits per heavy atom. The molecule has 0 atom stereocenters. The number of ether oxygens (including phenoxy) is 1. The molecule has 0 saturated heterocycles. The Hall–Kier alpha value is -2.47. The van der Waals surface area contributed by atoms with E-state index in [1.165, 1.54) is 11.3 Å². The molecule has 3 rings (SSSR count). The third-order valence-corrected chi connectivity index (χ3v) is 3.43. The second-order valence-electron chi connectivity index (χ2n) is 3.96. The summed E-state index contributed by atoms with van der Waals surface area (Å²) in [4.78, 5) is 12.7. The van der Waals surface area contributed by atoms with Crippen molar-refractivity contribution in [1.29, 1.82) is 0 Å². The van der Waals surface area contributed by atoms with E-state index in [1.807, 2.05) is 29.6 Å². The van der Waals surface area contributed by atoms with E-state index in [0.29, 0.717) is 5.95 Å². The number of hydrogen-bond donors (Lipinski definition) is 1. The number of benzene rings is 1. The van der Waals surface area contributed by atoms with Crippen molar-refractivity contribution >= 4 is 22.4 Å². The highest BCUT2D eigenvalue weighted by Crippen LogP contribution is 2.27. The molecular weight excluding hydrogens is 272 g/mol. The minimum absolute atomic E-state index is 0.545. The average molecular weight is 284 g/mol. The van der Waals surface area contributed by atoms with E-state index in [-0.39, 0.29) is 0 Å². The summed E-state index contributed by atoms with van der Waals surface area (Å²) in [6.07, 6.45) is 3.38. The quantitative estimate of drug-likeness (QED) is 0.796. The number of nitrogens with one attached hydrogen (secondary N) is 1. The first-order chi connectivity index (χ1) is 9.85. The fourth-order valence-corrected chi connectivity index (χ4v) is 2.40. The van der Waals surface area contributed by atoms with Crippen LogP contribution in [-0.4, -0.2) is 22.1 Å². The summed E-state index contributed by atoms with van der Waals surface area (Å²) >= 11 is 1.52. The van der Waals surface area contributed by atoms with Crippen LogP contribution in [0.1, 0.15) is 0 Å². The lowest BCUT2D eigenvalue weighted by atomic mass is 10.2. The summed E-state index contributed by atoms with van der Waals surface area (Å²) < 4.78 is 5.14. The predicted molar refractivity (Wildman–Crippen MR) is 79.4 cm³/mol. The van der Waals surface area contributed by atoms with Crippen LogP contribution in [0.5, 0.6) is 5.75 Å². The normalized spacial score (nSPS) is 10.2. The van der Waals surface area contributed by atoms with Crippen molar-refractivity contribution in [1.82, 2.24) is 15.0 Å². The molecule has 0 unspecified atom stereocenters. The van der Waals surface area contributed by atoms with E-state index in [0.717, 1.165) is 22.1 Å². The van der Waals surface area contributed by atoms with E-state index in [2.05, 4.69) is 20.3 Å². The Morgan fingerprint density at radius 3 is 2.55 bits per heavy atom. The van der Waals surface area contributed by atoms with Crippen LogP contribution in [-0.2, 0) is 0 Å². The smallest absolute Gasteiger partial charge is 0.228 e. The summed E-state index contributed by atoms with van der Waals surface area (Å²) in [5, 5.41) is 5.84. The Bertz CT molecular complexity index is 682. The van der Waals surface area contributed by atoms with Crippen LogP contribution in [0.3, 0.4) is 0 Å². The first-order valence-electron chi connectivity index (χ1n) is 5.99. The largest absolute Gasteiger partial charge is 0.497 e. The number of anilines is 2. The summed E-state index contributed by atoms with van der Waals surface area (Å²) in [6.45, 7) is 0. The number of thiazole rings is 1. The van der Waals surface area contributed by atoms with Crippen LogP contribution in [0.4, 0.5) is 11.1 Å². The monoisotopic (exact) mass is 284 g/mol. The predicted octanol–water partition coefficient (Wildman–Crippen LogP) is 3.35. The Labute approximate surface area is 120 Å². The fourth-order valence-electron chi connectivity index (χ4n) is 1.68. The van der Waals surface area contributed by atoms with Crippen LogP contribution in [0, 0.1) is 0 Å². The van der Waals surface area contributed by atoms with Crippen molar-refractivity contribution < 1.29 is 4.74 Å². The molecule has 0 amide bonds. The highest BCUT2D eigenvalue weighted by Gasteiger charge is 2.05. The molecule has 0 aliphatic rings. The van der Waals surface area contributed by atoms with E-state index < -0.39 is 0 Å². The molecule has 6 heteroatoms. The summed E-state index contributed by atoms with van der Waals surface area (Å²) in [7, 11) is 1.65. The topological polar surface area (TPSA) is 59.9 Å².